The molecule has 112 valence electrons. The van der Waals surface area contributed by atoms with Crippen LogP contribution in [-0.4, -0.2) is 14.9 Å². The molecule has 0 saturated carbocycles. The highest BCUT2D eigenvalue weighted by Gasteiger charge is 2.12. The molecule has 1 atom stereocenters. The van der Waals surface area contributed by atoms with Crippen LogP contribution >= 0.6 is 0 Å². The summed E-state index contributed by atoms with van der Waals surface area (Å²) in [6.07, 6.45) is 0.591. The van der Waals surface area contributed by atoms with E-state index in [0.717, 1.165) is 11.1 Å². The maximum absolute atomic E-state index is 12.0. The number of H-pyrrole nitrogens is 1. The lowest BCUT2D eigenvalue weighted by Gasteiger charge is -2.16. The molecule has 0 radical (unpaired) electrons. The molecule has 0 fully saturated rings. The molecule has 0 aliphatic heterocycles. The van der Waals surface area contributed by atoms with Gasteiger partial charge in [0.2, 0.25) is 0 Å². The van der Waals surface area contributed by atoms with Crippen LogP contribution in [0.2, 0.25) is 0 Å². The molecule has 0 bridgehead atoms. The maximum atomic E-state index is 12.0. The number of nitrogens with zero attached hydrogens (tertiary/aromatic N) is 2. The first kappa shape index (κ1) is 14.1. The fraction of sp³-hybridized carbons (Fsp3) is 0.176. The van der Waals surface area contributed by atoms with Crippen LogP contribution in [0.3, 0.4) is 0 Å². The molecule has 0 aliphatic carbocycles. The van der Waals surface area contributed by atoms with E-state index < -0.39 is 0 Å². The Labute approximate surface area is 128 Å². The molecule has 1 aromatic heterocycles. The molecule has 1 heterocycles. The molecule has 2 aromatic carbocycles. The summed E-state index contributed by atoms with van der Waals surface area (Å²) < 4.78 is 1.49. The molecular formula is C17H18N4O. The van der Waals surface area contributed by atoms with E-state index in [9.17, 15) is 4.79 Å². The van der Waals surface area contributed by atoms with E-state index in [2.05, 4.69) is 15.6 Å². The Morgan fingerprint density at radius 1 is 1.09 bits per heavy atom. The molecule has 0 spiro atoms. The molecule has 0 aliphatic rings. The normalized spacial score (nSPS) is 12.0. The van der Waals surface area contributed by atoms with Gasteiger partial charge in [-0.05, 0) is 18.1 Å². The van der Waals surface area contributed by atoms with Gasteiger partial charge in [0.1, 0.15) is 0 Å². The lowest BCUT2D eigenvalue weighted by Crippen LogP contribution is -2.30. The quantitative estimate of drug-likeness (QED) is 0.760. The van der Waals surface area contributed by atoms with Gasteiger partial charge in [-0.3, -0.25) is 0 Å². The molecule has 3 aromatic rings. The third-order valence-electron chi connectivity index (χ3n) is 3.57. The van der Waals surface area contributed by atoms with Crippen LogP contribution in [0.15, 0.2) is 65.5 Å². The predicted octanol–water partition coefficient (Wildman–Crippen LogP) is 2.47. The molecule has 2 N–H and O–H groups in total. The molecular weight excluding hydrogens is 276 g/mol. The Hall–Kier alpha value is -2.82. The van der Waals surface area contributed by atoms with Crippen molar-refractivity contribution in [1.82, 2.24) is 14.9 Å². The van der Waals surface area contributed by atoms with Gasteiger partial charge in [-0.25, -0.2) is 9.89 Å². The zero-order valence-corrected chi connectivity index (χ0v) is 12.4. The second-order valence-corrected chi connectivity index (χ2v) is 5.20. The highest BCUT2D eigenvalue weighted by molar-refractivity contribution is 5.22. The van der Waals surface area contributed by atoms with Crippen molar-refractivity contribution in [3.8, 4) is 0 Å². The number of hydrogen-bond acceptors (Lipinski definition) is 3. The van der Waals surface area contributed by atoms with Crippen LogP contribution in [-0.2, 0) is 6.42 Å². The summed E-state index contributed by atoms with van der Waals surface area (Å²) in [7, 11) is 0. The van der Waals surface area contributed by atoms with Crippen LogP contribution in [0.25, 0.3) is 0 Å². The fourth-order valence-corrected chi connectivity index (χ4v) is 2.37. The van der Waals surface area contributed by atoms with Crippen LogP contribution in [0.1, 0.15) is 29.9 Å². The van der Waals surface area contributed by atoms with Crippen molar-refractivity contribution in [2.45, 2.75) is 19.4 Å². The average molecular weight is 294 g/mol. The van der Waals surface area contributed by atoms with E-state index >= 15 is 0 Å². The first-order valence-corrected chi connectivity index (χ1v) is 7.26. The fourth-order valence-electron chi connectivity index (χ4n) is 2.37. The summed E-state index contributed by atoms with van der Waals surface area (Å²) in [6, 6.07) is 20.0. The third kappa shape index (κ3) is 3.09. The van der Waals surface area contributed by atoms with Crippen molar-refractivity contribution in [1.29, 1.82) is 0 Å². The Balaban J connectivity index is 1.82. The Morgan fingerprint density at radius 3 is 2.41 bits per heavy atom. The van der Waals surface area contributed by atoms with Gasteiger partial charge in [0, 0.05) is 6.42 Å². The van der Waals surface area contributed by atoms with Gasteiger partial charge >= 0.3 is 5.69 Å². The minimum Gasteiger partial charge on any atom is -0.313 e. The van der Waals surface area contributed by atoms with E-state index in [0.29, 0.717) is 12.2 Å². The van der Waals surface area contributed by atoms with E-state index in [1.165, 1.54) is 4.68 Å². The molecule has 0 amide bonds. The van der Waals surface area contributed by atoms with Gasteiger partial charge in [0.25, 0.3) is 0 Å². The summed E-state index contributed by atoms with van der Waals surface area (Å²) >= 11 is 0. The van der Waals surface area contributed by atoms with Crippen LogP contribution in [0, 0.1) is 0 Å². The van der Waals surface area contributed by atoms with Crippen molar-refractivity contribution < 1.29 is 0 Å². The summed E-state index contributed by atoms with van der Waals surface area (Å²) in [6.45, 7) is 2.01. The first-order valence-electron chi connectivity index (χ1n) is 7.26. The first-order chi connectivity index (χ1) is 10.7. The van der Waals surface area contributed by atoms with Gasteiger partial charge in [-0.1, -0.05) is 60.7 Å². The molecule has 0 saturated heterocycles. The highest BCUT2D eigenvalue weighted by Crippen LogP contribution is 2.13. The smallest absolute Gasteiger partial charge is 0.313 e. The number of rotatable bonds is 5. The molecule has 22 heavy (non-hydrogen) atoms. The van der Waals surface area contributed by atoms with Gasteiger partial charge in [0.15, 0.2) is 5.82 Å². The Morgan fingerprint density at radius 2 is 1.73 bits per heavy atom. The standard InChI is InChI=1S/C17H18N4O/c1-13(15-10-6-3-7-11-15)20-21-16(18-19-17(21)22)12-14-8-4-2-5-9-14/h2-11,13,20H,12H2,1H3,(H,19,22). The predicted molar refractivity (Wildman–Crippen MR) is 86.3 cm³/mol. The molecule has 5 heteroatoms. The largest absolute Gasteiger partial charge is 0.362 e. The van der Waals surface area contributed by atoms with Gasteiger partial charge in [0.05, 0.1) is 6.04 Å². The Kier molecular flexibility index (Phi) is 4.05. The SMILES string of the molecule is CC(Nn1c(Cc2ccccc2)n[nH]c1=O)c1ccccc1. The minimum absolute atomic E-state index is 0.00558. The van der Waals surface area contributed by atoms with Gasteiger partial charge in [-0.2, -0.15) is 9.77 Å². The summed E-state index contributed by atoms with van der Waals surface area (Å²) in [4.78, 5) is 12.0. The van der Waals surface area contributed by atoms with E-state index in [4.69, 9.17) is 0 Å². The highest BCUT2D eigenvalue weighted by atomic mass is 16.2. The lowest BCUT2D eigenvalue weighted by atomic mass is 10.1. The van der Waals surface area contributed by atoms with Crippen molar-refractivity contribution in [3.63, 3.8) is 0 Å². The van der Waals surface area contributed by atoms with Crippen LogP contribution < -0.4 is 11.1 Å². The maximum Gasteiger partial charge on any atom is 0.362 e. The van der Waals surface area contributed by atoms with E-state index in [-0.39, 0.29) is 11.7 Å². The van der Waals surface area contributed by atoms with Crippen molar-refractivity contribution in [2.75, 3.05) is 5.43 Å². The molecule has 3 rings (SSSR count). The van der Waals surface area contributed by atoms with Crippen molar-refractivity contribution in [2.24, 2.45) is 0 Å². The monoisotopic (exact) mass is 294 g/mol. The van der Waals surface area contributed by atoms with E-state index in [1.807, 2.05) is 67.6 Å². The zero-order valence-electron chi connectivity index (χ0n) is 12.4. The van der Waals surface area contributed by atoms with Crippen LogP contribution in [0.5, 0.6) is 0 Å². The topological polar surface area (TPSA) is 62.7 Å². The number of aromatic amines is 1. The van der Waals surface area contributed by atoms with Crippen molar-refractivity contribution >= 4 is 0 Å². The zero-order chi connectivity index (χ0) is 15.4. The minimum atomic E-state index is -0.256. The van der Waals surface area contributed by atoms with Crippen LogP contribution in [0.4, 0.5) is 0 Å². The number of aromatic nitrogens is 3. The van der Waals surface area contributed by atoms with Crippen molar-refractivity contribution in [3.05, 3.63) is 88.1 Å². The number of nitrogens with one attached hydrogen (secondary N) is 2. The Bertz CT molecular complexity index is 777. The van der Waals surface area contributed by atoms with Gasteiger partial charge in [-0.15, -0.1) is 0 Å². The summed E-state index contributed by atoms with van der Waals surface area (Å²) in [5, 5.41) is 6.63. The molecule has 5 nitrogen and oxygen atoms in total. The van der Waals surface area contributed by atoms with E-state index in [1.54, 1.807) is 0 Å². The molecule has 1 unspecified atom stereocenters. The van der Waals surface area contributed by atoms with Gasteiger partial charge < -0.3 is 5.43 Å². The summed E-state index contributed by atoms with van der Waals surface area (Å²) in [5.74, 6) is 0.666. The average Bonchev–Trinajstić information content (AvgIpc) is 2.90. The number of hydrogen-bond donors (Lipinski definition) is 2. The second kappa shape index (κ2) is 6.30. The third-order valence-corrected chi connectivity index (χ3v) is 3.57. The number of benzene rings is 2. The second-order valence-electron chi connectivity index (χ2n) is 5.20. The summed E-state index contributed by atoms with van der Waals surface area (Å²) in [5.41, 5.74) is 5.17. The lowest BCUT2D eigenvalue weighted by molar-refractivity contribution is 0.680.